The largest absolute Gasteiger partial charge is 0.507 e. The number of fused-ring (bicyclic) bond motifs is 1. The van der Waals surface area contributed by atoms with E-state index in [9.17, 15) is 15.3 Å². The highest BCUT2D eigenvalue weighted by Gasteiger charge is 2.38. The average molecular weight is 421 g/mol. The van der Waals surface area contributed by atoms with Crippen LogP contribution in [0.5, 0.6) is 17.5 Å². The molecule has 0 spiro atoms. The molecule has 3 aromatic carbocycles. The number of aromatic hydroxyl groups is 3. The molecule has 3 aliphatic carbocycles. The third kappa shape index (κ3) is 2.69. The number of allylic oxidation sites excluding steroid dienone is 2. The highest BCUT2D eigenvalue weighted by atomic mass is 16.3. The van der Waals surface area contributed by atoms with Crippen LogP contribution >= 0.6 is 0 Å². The van der Waals surface area contributed by atoms with E-state index in [2.05, 4.69) is 12.2 Å². The highest BCUT2D eigenvalue weighted by molar-refractivity contribution is 5.85. The topological polar surface area (TPSA) is 65.6 Å². The molecular weight excluding hydrogens is 398 g/mol. The fraction of sp³-hybridized carbons (Fsp3) is 0.143. The monoisotopic (exact) mass is 421 g/mol. The summed E-state index contributed by atoms with van der Waals surface area (Å²) in [5.74, 6) is 0.590. The molecular formula is C28H23NO3. The van der Waals surface area contributed by atoms with Crippen molar-refractivity contribution in [1.29, 1.82) is 0 Å². The van der Waals surface area contributed by atoms with Gasteiger partial charge in [0.1, 0.15) is 5.75 Å². The minimum atomic E-state index is 0.0836. The number of phenols is 1. The van der Waals surface area contributed by atoms with Gasteiger partial charge in [-0.2, -0.15) is 0 Å². The zero-order valence-electron chi connectivity index (χ0n) is 17.4. The van der Waals surface area contributed by atoms with Gasteiger partial charge in [-0.05, 0) is 36.1 Å². The van der Waals surface area contributed by atoms with Crippen LogP contribution in [-0.2, 0) is 0 Å². The minimum Gasteiger partial charge on any atom is -0.507 e. The van der Waals surface area contributed by atoms with E-state index in [0.717, 1.165) is 35.1 Å². The molecule has 32 heavy (non-hydrogen) atoms. The van der Waals surface area contributed by atoms with E-state index in [-0.39, 0.29) is 29.3 Å². The molecule has 2 atom stereocenters. The highest BCUT2D eigenvalue weighted by Crippen LogP contribution is 2.54. The Morgan fingerprint density at radius 3 is 1.47 bits per heavy atom. The Kier molecular flexibility index (Phi) is 4.15. The summed E-state index contributed by atoms with van der Waals surface area (Å²) >= 11 is 0. The van der Waals surface area contributed by atoms with Gasteiger partial charge < -0.3 is 15.3 Å². The van der Waals surface area contributed by atoms with E-state index in [1.54, 1.807) is 0 Å². The van der Waals surface area contributed by atoms with Gasteiger partial charge in [0.05, 0.1) is 5.69 Å². The van der Waals surface area contributed by atoms with Crippen LogP contribution in [0.1, 0.15) is 35.8 Å². The summed E-state index contributed by atoms with van der Waals surface area (Å²) in [5.41, 5.74) is 5.29. The van der Waals surface area contributed by atoms with E-state index >= 15 is 0 Å². The maximum absolute atomic E-state index is 11.2. The lowest BCUT2D eigenvalue weighted by Crippen LogP contribution is -2.15. The summed E-state index contributed by atoms with van der Waals surface area (Å²) in [5, 5.41) is 33.7. The van der Waals surface area contributed by atoms with Crippen molar-refractivity contribution in [2.24, 2.45) is 0 Å². The van der Waals surface area contributed by atoms with Crippen LogP contribution in [0.3, 0.4) is 0 Å². The van der Waals surface area contributed by atoms with Gasteiger partial charge in [-0.1, -0.05) is 72.8 Å². The Morgan fingerprint density at radius 1 is 0.625 bits per heavy atom. The first-order valence-electron chi connectivity index (χ1n) is 11.0. The molecule has 4 nitrogen and oxygen atoms in total. The van der Waals surface area contributed by atoms with Gasteiger partial charge in [-0.3, -0.25) is 4.57 Å². The quantitative estimate of drug-likeness (QED) is 0.333. The number of hydrogen-bond acceptors (Lipinski definition) is 3. The summed E-state index contributed by atoms with van der Waals surface area (Å²) in [6.07, 6.45) is 6.24. The van der Waals surface area contributed by atoms with Crippen molar-refractivity contribution in [1.82, 2.24) is 4.57 Å². The SMILES string of the molecule is Oc1c(-c2ccccc2)cc(-n2c(O)c3c(c2O)[C@H]2C=C[C@@H]3CC2)cc1-c1ccccc1. The van der Waals surface area contributed by atoms with E-state index in [1.807, 2.05) is 72.8 Å². The number of rotatable bonds is 3. The summed E-state index contributed by atoms with van der Waals surface area (Å²) in [6, 6.07) is 23.0. The molecule has 0 amide bonds. The molecule has 1 heterocycles. The maximum Gasteiger partial charge on any atom is 0.202 e. The smallest absolute Gasteiger partial charge is 0.202 e. The van der Waals surface area contributed by atoms with Gasteiger partial charge >= 0.3 is 0 Å². The molecule has 0 saturated carbocycles. The first-order chi connectivity index (χ1) is 15.6. The van der Waals surface area contributed by atoms with Crippen molar-refractivity contribution in [3.05, 3.63) is 96.1 Å². The van der Waals surface area contributed by atoms with Gasteiger partial charge in [-0.25, -0.2) is 0 Å². The van der Waals surface area contributed by atoms with E-state index < -0.39 is 0 Å². The lowest BCUT2D eigenvalue weighted by molar-refractivity contribution is 0.399. The fourth-order valence-corrected chi connectivity index (χ4v) is 5.28. The van der Waals surface area contributed by atoms with Crippen LogP contribution in [0, 0.1) is 0 Å². The van der Waals surface area contributed by atoms with E-state index in [4.69, 9.17) is 0 Å². The molecule has 158 valence electrons. The molecule has 3 N–H and O–H groups in total. The van der Waals surface area contributed by atoms with Crippen molar-refractivity contribution in [3.8, 4) is 45.5 Å². The molecule has 0 radical (unpaired) electrons. The standard InChI is InChI=1S/C28H23NO3/c30-26-22(17-7-3-1-4-8-17)15-21(16-23(26)18-9-5-2-6-10-18)29-27(31)24-19-11-12-20(14-13-19)25(24)28(29)32/h1-12,15-16,19-20,30-32H,13-14H2/t19-,20+. The molecule has 7 rings (SSSR count). The zero-order chi connectivity index (χ0) is 21.8. The van der Waals surface area contributed by atoms with Crippen molar-refractivity contribution in [2.45, 2.75) is 24.7 Å². The minimum absolute atomic E-state index is 0.0836. The molecule has 0 saturated heterocycles. The number of aromatic nitrogens is 1. The van der Waals surface area contributed by atoms with E-state index in [1.165, 1.54) is 4.57 Å². The fourth-order valence-electron chi connectivity index (χ4n) is 5.28. The normalized spacial score (nSPS) is 18.6. The van der Waals surface area contributed by atoms with Crippen molar-refractivity contribution in [3.63, 3.8) is 0 Å². The maximum atomic E-state index is 11.2. The Morgan fingerprint density at radius 2 is 1.06 bits per heavy atom. The second-order valence-electron chi connectivity index (χ2n) is 8.61. The first kappa shape index (κ1) is 18.8. The second kappa shape index (κ2) is 7.06. The van der Waals surface area contributed by atoms with Crippen molar-refractivity contribution >= 4 is 0 Å². The Labute approximate surface area is 186 Å². The number of hydrogen-bond donors (Lipinski definition) is 3. The first-order valence-corrected chi connectivity index (χ1v) is 11.0. The van der Waals surface area contributed by atoms with Crippen molar-refractivity contribution in [2.75, 3.05) is 0 Å². The predicted molar refractivity (Wildman–Crippen MR) is 125 cm³/mol. The third-order valence-corrected chi connectivity index (χ3v) is 6.82. The van der Waals surface area contributed by atoms with Crippen LogP contribution < -0.4 is 0 Å². The molecule has 4 aromatic rings. The Balaban J connectivity index is 1.63. The lowest BCUT2D eigenvalue weighted by atomic mass is 9.73. The Bertz CT molecular complexity index is 1250. The number of phenolic OH excluding ortho intramolecular Hbond substituents is 1. The molecule has 0 unspecified atom stereocenters. The second-order valence-corrected chi connectivity index (χ2v) is 8.61. The summed E-state index contributed by atoms with van der Waals surface area (Å²) in [7, 11) is 0. The van der Waals surface area contributed by atoms with Crippen LogP contribution in [0.25, 0.3) is 27.9 Å². The van der Waals surface area contributed by atoms with Crippen LogP contribution in [0.2, 0.25) is 0 Å². The third-order valence-electron chi connectivity index (χ3n) is 6.82. The van der Waals surface area contributed by atoms with Crippen LogP contribution in [-0.4, -0.2) is 19.9 Å². The molecule has 4 heteroatoms. The van der Waals surface area contributed by atoms with Crippen LogP contribution in [0.4, 0.5) is 0 Å². The average Bonchev–Trinajstić information content (AvgIpc) is 3.13. The molecule has 1 aromatic heterocycles. The van der Waals surface area contributed by atoms with Crippen LogP contribution in [0.15, 0.2) is 84.9 Å². The lowest BCUT2D eigenvalue weighted by Gasteiger charge is -2.30. The Hall–Kier alpha value is -3.92. The summed E-state index contributed by atoms with van der Waals surface area (Å²) in [6.45, 7) is 0. The number of benzene rings is 3. The van der Waals surface area contributed by atoms with Gasteiger partial charge in [0.25, 0.3) is 0 Å². The zero-order valence-corrected chi connectivity index (χ0v) is 17.4. The molecule has 3 aliphatic rings. The predicted octanol–water partition coefficient (Wildman–Crippen LogP) is 6.46. The molecule has 0 aliphatic heterocycles. The number of nitrogens with zero attached hydrogens (tertiary/aromatic N) is 1. The van der Waals surface area contributed by atoms with Gasteiger partial charge in [0.15, 0.2) is 0 Å². The van der Waals surface area contributed by atoms with Gasteiger partial charge in [-0.15, -0.1) is 0 Å². The molecule has 2 bridgehead atoms. The van der Waals surface area contributed by atoms with Gasteiger partial charge in [0.2, 0.25) is 11.8 Å². The van der Waals surface area contributed by atoms with Crippen molar-refractivity contribution < 1.29 is 15.3 Å². The molecule has 0 fully saturated rings. The van der Waals surface area contributed by atoms with E-state index in [0.29, 0.717) is 16.8 Å². The van der Waals surface area contributed by atoms with Gasteiger partial charge in [0, 0.05) is 34.1 Å². The summed E-state index contributed by atoms with van der Waals surface area (Å²) < 4.78 is 1.53. The summed E-state index contributed by atoms with van der Waals surface area (Å²) in [4.78, 5) is 0.